The maximum absolute atomic E-state index is 2.31. The lowest BCUT2D eigenvalue weighted by Gasteiger charge is -1.84. The average Bonchev–Trinajstić information content (AvgIpc) is 2.12. The Hall–Kier alpha value is 0.900. The molecule has 0 saturated carbocycles. The average molecular weight is 134 g/mol. The quantitative estimate of drug-likeness (QED) is 0.482. The van der Waals surface area contributed by atoms with Crippen LogP contribution >= 0.6 is 22.2 Å². The maximum Gasteiger partial charge on any atom is 0.107 e. The minimum Gasteiger partial charge on any atom is -0.0629 e. The van der Waals surface area contributed by atoms with Crippen LogP contribution in [0.1, 0.15) is 13.3 Å². The van der Waals surface area contributed by atoms with E-state index >= 15 is 0 Å². The van der Waals surface area contributed by atoms with Crippen molar-refractivity contribution in [3.05, 3.63) is 0 Å². The second-order valence-electron chi connectivity index (χ2n) is 1.62. The van der Waals surface area contributed by atoms with E-state index in [0.29, 0.717) is 6.50 Å². The van der Waals surface area contributed by atoms with Crippen LogP contribution in [0.5, 0.6) is 0 Å². The van der Waals surface area contributed by atoms with Gasteiger partial charge in [-0.05, 0) is 28.7 Å². The van der Waals surface area contributed by atoms with Crippen molar-refractivity contribution >= 4 is 22.2 Å². The SMILES string of the molecule is CCC12P=P1=P2. The Morgan fingerprint density at radius 2 is 2.17 bits per heavy atom. The zero-order chi connectivity index (χ0) is 4.20. The summed E-state index contributed by atoms with van der Waals surface area (Å²) in [6.07, 6.45) is 1.46. The molecule has 2 aliphatic heterocycles. The van der Waals surface area contributed by atoms with E-state index < -0.39 is 0 Å². The fourth-order valence-corrected chi connectivity index (χ4v) is 10.5. The summed E-state index contributed by atoms with van der Waals surface area (Å²) < 4.78 is 0.968. The molecule has 0 aromatic rings. The van der Waals surface area contributed by atoms with Crippen molar-refractivity contribution < 1.29 is 0 Å². The lowest BCUT2D eigenvalue weighted by Crippen LogP contribution is -1.77. The molecule has 0 aromatic heterocycles. The van der Waals surface area contributed by atoms with Crippen LogP contribution < -0.4 is 0 Å². The van der Waals surface area contributed by atoms with Crippen LogP contribution in [-0.2, 0) is 0 Å². The molecule has 0 fully saturated rings. The molecule has 0 aromatic carbocycles. The number of hydrogen-bond acceptors (Lipinski definition) is 0. The number of fused-ring (bicyclic) bond motifs is 1. The summed E-state index contributed by atoms with van der Waals surface area (Å²) >= 11 is 0. The van der Waals surface area contributed by atoms with Crippen LogP contribution in [0.15, 0.2) is 0 Å². The molecule has 2 heterocycles. The Morgan fingerprint density at radius 3 is 2.17 bits per heavy atom. The zero-order valence-corrected chi connectivity index (χ0v) is 6.23. The third-order valence-corrected chi connectivity index (χ3v) is 13.0. The predicted molar refractivity (Wildman–Crippen MR) is 33.8 cm³/mol. The van der Waals surface area contributed by atoms with Gasteiger partial charge in [0.25, 0.3) is 0 Å². The van der Waals surface area contributed by atoms with Crippen molar-refractivity contribution in [2.45, 2.75) is 18.0 Å². The summed E-state index contributed by atoms with van der Waals surface area (Å²) in [4.78, 5) is 0. The Balaban J connectivity index is 2.27. The monoisotopic (exact) mass is 134 g/mol. The summed E-state index contributed by atoms with van der Waals surface area (Å²) in [5.41, 5.74) is 0. The highest BCUT2D eigenvalue weighted by Crippen LogP contribution is 2.94. The highest BCUT2D eigenvalue weighted by Gasteiger charge is 2.49. The van der Waals surface area contributed by atoms with Crippen molar-refractivity contribution in [2.24, 2.45) is 0 Å². The van der Waals surface area contributed by atoms with Gasteiger partial charge < -0.3 is 0 Å². The van der Waals surface area contributed by atoms with E-state index in [9.17, 15) is 0 Å². The summed E-state index contributed by atoms with van der Waals surface area (Å²) in [7, 11) is 3.65. The number of hydrogen-bond donors (Lipinski definition) is 0. The van der Waals surface area contributed by atoms with E-state index in [1.54, 1.807) is 0 Å². The molecule has 0 radical (unpaired) electrons. The fraction of sp³-hybridized carbons (Fsp3) is 1.00. The molecule has 32 valence electrons. The van der Waals surface area contributed by atoms with E-state index in [1.165, 1.54) is 6.42 Å². The molecule has 0 bridgehead atoms. The molecular weight excluding hydrogens is 129 g/mol. The van der Waals surface area contributed by atoms with Crippen molar-refractivity contribution in [3.8, 4) is 0 Å². The van der Waals surface area contributed by atoms with Crippen LogP contribution in [-0.4, -0.2) is 4.64 Å². The van der Waals surface area contributed by atoms with Gasteiger partial charge in [0.1, 0.15) is 4.64 Å². The molecule has 2 rings (SSSR count). The normalized spacial score (nSPS) is 57.2. The Morgan fingerprint density at radius 1 is 1.67 bits per heavy atom. The van der Waals surface area contributed by atoms with E-state index in [1.807, 2.05) is 15.7 Å². The third kappa shape index (κ3) is 0.295. The van der Waals surface area contributed by atoms with Crippen molar-refractivity contribution in [1.29, 1.82) is 0 Å². The molecule has 0 aliphatic carbocycles. The van der Waals surface area contributed by atoms with Gasteiger partial charge in [-0.3, -0.25) is 0 Å². The van der Waals surface area contributed by atoms with Gasteiger partial charge in [-0.2, -0.15) is 0 Å². The van der Waals surface area contributed by atoms with Gasteiger partial charge in [-0.15, -0.1) is 0 Å². The van der Waals surface area contributed by atoms with Crippen LogP contribution in [0.2, 0.25) is 0 Å². The van der Waals surface area contributed by atoms with Gasteiger partial charge in [0.05, 0.1) is 0 Å². The van der Waals surface area contributed by atoms with E-state index in [2.05, 4.69) is 6.92 Å². The Bertz CT molecular complexity index is 160. The maximum atomic E-state index is 2.31. The van der Waals surface area contributed by atoms with Crippen molar-refractivity contribution in [3.63, 3.8) is 0 Å². The Kier molecular flexibility index (Phi) is 0.546. The smallest absolute Gasteiger partial charge is 0.0629 e. The molecular formula is C3H5P3. The predicted octanol–water partition coefficient (Wildman–Crippen LogP) is 3.28. The van der Waals surface area contributed by atoms with Crippen LogP contribution in [0.25, 0.3) is 0 Å². The third-order valence-electron chi connectivity index (χ3n) is 1.23. The molecule has 6 heavy (non-hydrogen) atoms. The molecule has 3 heteroatoms. The first-order chi connectivity index (χ1) is 2.87. The molecule has 0 amide bonds. The summed E-state index contributed by atoms with van der Waals surface area (Å²) in [6.45, 7) is 2.97. The Labute approximate surface area is 41.0 Å². The molecule has 0 atom stereocenters. The second-order valence-corrected chi connectivity index (χ2v) is 10.5. The standard InChI is InChI=1S/C3H5P3/c1-2-3-4-6(3)5-3/h2H2,1H3. The van der Waals surface area contributed by atoms with Crippen LogP contribution in [0, 0.1) is 0 Å². The molecule has 2 aliphatic rings. The first-order valence-electron chi connectivity index (χ1n) is 2.13. The van der Waals surface area contributed by atoms with E-state index in [-0.39, 0.29) is 0 Å². The molecule has 0 nitrogen and oxygen atoms in total. The summed E-state index contributed by atoms with van der Waals surface area (Å²) in [5, 5.41) is 0. The van der Waals surface area contributed by atoms with Gasteiger partial charge in [0.2, 0.25) is 0 Å². The zero-order valence-electron chi connectivity index (χ0n) is 3.55. The van der Waals surface area contributed by atoms with Crippen LogP contribution in [0.3, 0.4) is 0 Å². The van der Waals surface area contributed by atoms with Gasteiger partial charge in [-0.1, -0.05) is 6.92 Å². The molecule has 0 unspecified atom stereocenters. The van der Waals surface area contributed by atoms with Crippen LogP contribution in [0.4, 0.5) is 0 Å². The first-order valence-corrected chi connectivity index (χ1v) is 6.67. The van der Waals surface area contributed by atoms with Crippen molar-refractivity contribution in [2.75, 3.05) is 0 Å². The lowest BCUT2D eigenvalue weighted by atomic mass is 10.6. The minimum atomic E-state index is 0.656. The highest BCUT2D eigenvalue weighted by molar-refractivity contribution is 8.45. The van der Waals surface area contributed by atoms with Gasteiger partial charge >= 0.3 is 0 Å². The largest absolute Gasteiger partial charge is 0.107 e. The van der Waals surface area contributed by atoms with Gasteiger partial charge in [0, 0.05) is 0 Å². The molecule has 0 spiro atoms. The van der Waals surface area contributed by atoms with E-state index in [4.69, 9.17) is 0 Å². The van der Waals surface area contributed by atoms with Crippen molar-refractivity contribution in [1.82, 2.24) is 0 Å². The lowest BCUT2D eigenvalue weighted by molar-refractivity contribution is 1.03. The van der Waals surface area contributed by atoms with Gasteiger partial charge in [0.15, 0.2) is 0 Å². The minimum absolute atomic E-state index is 0.656. The van der Waals surface area contributed by atoms with Gasteiger partial charge in [-0.25, -0.2) is 0 Å². The first kappa shape index (κ1) is 3.85. The number of rotatable bonds is 1. The fourth-order valence-electron chi connectivity index (χ4n) is 0.546. The second kappa shape index (κ2) is 0.851. The topological polar surface area (TPSA) is 0 Å². The molecule has 0 saturated heterocycles. The van der Waals surface area contributed by atoms with E-state index in [0.717, 1.165) is 4.64 Å². The summed E-state index contributed by atoms with van der Waals surface area (Å²) in [6, 6.07) is 0. The highest BCUT2D eigenvalue weighted by atomic mass is 32.1. The summed E-state index contributed by atoms with van der Waals surface area (Å²) in [5.74, 6) is 0. The molecule has 0 N–H and O–H groups in total.